The Morgan fingerprint density at radius 2 is 1.83 bits per heavy atom. The number of hydrogen-bond donors (Lipinski definition) is 1. The molecule has 1 aliphatic rings. The Balaban J connectivity index is 0.00000264. The molecule has 0 radical (unpaired) electrons. The highest BCUT2D eigenvalue weighted by molar-refractivity contribution is 5.94. The Bertz CT molecular complexity index is 482. The summed E-state index contributed by atoms with van der Waals surface area (Å²) in [6.45, 7) is 7.79. The molecular weight excluding hydrogens is 312 g/mol. The number of piperidine rings is 1. The van der Waals surface area contributed by atoms with Crippen molar-refractivity contribution in [2.75, 3.05) is 13.1 Å². The van der Waals surface area contributed by atoms with Crippen LogP contribution < -0.4 is 10.5 Å². The average Bonchev–Trinajstić information content (AvgIpc) is 2.55. The van der Waals surface area contributed by atoms with Gasteiger partial charge in [-0.1, -0.05) is 6.92 Å². The van der Waals surface area contributed by atoms with Gasteiger partial charge in [-0.3, -0.25) is 4.79 Å². The van der Waals surface area contributed by atoms with Crippen molar-refractivity contribution in [3.63, 3.8) is 0 Å². The molecule has 23 heavy (non-hydrogen) atoms. The Kier molecular flexibility index (Phi) is 7.86. The molecule has 130 valence electrons. The molecule has 1 aromatic rings. The topological polar surface area (TPSA) is 55.6 Å². The highest BCUT2D eigenvalue weighted by Gasteiger charge is 2.25. The fourth-order valence-corrected chi connectivity index (χ4v) is 2.80. The maximum atomic E-state index is 12.5. The molecule has 4 nitrogen and oxygen atoms in total. The minimum Gasteiger partial charge on any atom is -0.491 e. The minimum atomic E-state index is 0. The van der Waals surface area contributed by atoms with Gasteiger partial charge in [-0.25, -0.2) is 0 Å². The van der Waals surface area contributed by atoms with E-state index in [-0.39, 0.29) is 30.5 Å². The van der Waals surface area contributed by atoms with E-state index < -0.39 is 0 Å². The molecule has 1 aromatic carbocycles. The van der Waals surface area contributed by atoms with E-state index in [2.05, 4.69) is 13.8 Å². The molecule has 0 aliphatic carbocycles. The van der Waals surface area contributed by atoms with Crippen molar-refractivity contribution in [1.29, 1.82) is 0 Å². The van der Waals surface area contributed by atoms with Gasteiger partial charge in [0.05, 0.1) is 6.10 Å². The maximum Gasteiger partial charge on any atom is 0.253 e. The largest absolute Gasteiger partial charge is 0.491 e. The first kappa shape index (κ1) is 19.8. The fraction of sp³-hybridized carbons (Fsp3) is 0.611. The Morgan fingerprint density at radius 3 is 2.30 bits per heavy atom. The molecule has 0 spiro atoms. The normalized spacial score (nSPS) is 18.0. The number of likely N-dealkylation sites (tertiary alicyclic amines) is 1. The van der Waals surface area contributed by atoms with Crippen LogP contribution in [0.15, 0.2) is 24.3 Å². The van der Waals surface area contributed by atoms with Crippen LogP contribution in [0.3, 0.4) is 0 Å². The van der Waals surface area contributed by atoms with E-state index >= 15 is 0 Å². The van der Waals surface area contributed by atoms with Crippen LogP contribution in [0.25, 0.3) is 0 Å². The van der Waals surface area contributed by atoms with Crippen molar-refractivity contribution >= 4 is 18.3 Å². The Labute approximate surface area is 145 Å². The van der Waals surface area contributed by atoms with E-state index in [1.54, 1.807) is 0 Å². The predicted octanol–water partition coefficient (Wildman–Crippen LogP) is 3.49. The molecule has 1 amide bonds. The third kappa shape index (κ3) is 5.40. The molecule has 2 unspecified atom stereocenters. The van der Waals surface area contributed by atoms with Crippen molar-refractivity contribution in [2.45, 2.75) is 52.2 Å². The summed E-state index contributed by atoms with van der Waals surface area (Å²) in [5.41, 5.74) is 6.68. The van der Waals surface area contributed by atoms with Gasteiger partial charge in [-0.2, -0.15) is 0 Å². The number of hydrogen-bond acceptors (Lipinski definition) is 3. The predicted molar refractivity (Wildman–Crippen MR) is 96.3 cm³/mol. The highest BCUT2D eigenvalue weighted by Crippen LogP contribution is 2.22. The number of carbonyl (C=O) groups excluding carboxylic acids is 1. The Hall–Kier alpha value is -1.26. The summed E-state index contributed by atoms with van der Waals surface area (Å²) < 4.78 is 5.75. The van der Waals surface area contributed by atoms with Gasteiger partial charge in [0.1, 0.15) is 5.75 Å². The molecule has 0 saturated carbocycles. The maximum absolute atomic E-state index is 12.5. The van der Waals surface area contributed by atoms with Crippen molar-refractivity contribution < 1.29 is 9.53 Å². The molecule has 1 heterocycles. The number of carbonyl (C=O) groups is 1. The van der Waals surface area contributed by atoms with E-state index in [9.17, 15) is 4.79 Å². The summed E-state index contributed by atoms with van der Waals surface area (Å²) in [5.74, 6) is 1.47. The second kappa shape index (κ2) is 9.14. The summed E-state index contributed by atoms with van der Waals surface area (Å²) in [7, 11) is 0. The number of amides is 1. The number of nitrogens with two attached hydrogens (primary N) is 1. The molecule has 0 aromatic heterocycles. The molecule has 1 fully saturated rings. The van der Waals surface area contributed by atoms with Gasteiger partial charge in [0.2, 0.25) is 0 Å². The first-order chi connectivity index (χ1) is 10.5. The zero-order valence-electron chi connectivity index (χ0n) is 14.3. The molecule has 0 bridgehead atoms. The zero-order chi connectivity index (χ0) is 16.1. The second-order valence-electron chi connectivity index (χ2n) is 6.35. The Morgan fingerprint density at radius 1 is 1.26 bits per heavy atom. The number of nitrogens with zero attached hydrogens (tertiary/aromatic N) is 1. The monoisotopic (exact) mass is 340 g/mol. The van der Waals surface area contributed by atoms with Crippen LogP contribution in [-0.4, -0.2) is 36.0 Å². The van der Waals surface area contributed by atoms with Crippen molar-refractivity contribution in [2.24, 2.45) is 11.7 Å². The van der Waals surface area contributed by atoms with Gasteiger partial charge in [-0.15, -0.1) is 12.4 Å². The second-order valence-corrected chi connectivity index (χ2v) is 6.35. The fourth-order valence-electron chi connectivity index (χ4n) is 2.80. The van der Waals surface area contributed by atoms with Gasteiger partial charge < -0.3 is 15.4 Å². The lowest BCUT2D eigenvalue weighted by Gasteiger charge is -2.33. The number of ether oxygens (including phenoxy) is 1. The van der Waals surface area contributed by atoms with E-state index in [0.29, 0.717) is 5.92 Å². The smallest absolute Gasteiger partial charge is 0.253 e. The third-order valence-electron chi connectivity index (χ3n) is 4.58. The lowest BCUT2D eigenvalue weighted by atomic mass is 9.90. The highest BCUT2D eigenvalue weighted by atomic mass is 35.5. The van der Waals surface area contributed by atoms with Gasteiger partial charge in [0.25, 0.3) is 5.91 Å². The SMILES string of the molecule is CCC(C)Oc1ccc(C(=O)N2CCC(C(C)N)CC2)cc1.Cl. The van der Waals surface area contributed by atoms with Crippen molar-refractivity contribution in [1.82, 2.24) is 4.90 Å². The molecule has 2 rings (SSSR count). The van der Waals surface area contributed by atoms with Crippen LogP contribution >= 0.6 is 12.4 Å². The quantitative estimate of drug-likeness (QED) is 0.892. The van der Waals surface area contributed by atoms with E-state index in [1.165, 1.54) is 0 Å². The van der Waals surface area contributed by atoms with Crippen LogP contribution in [0.5, 0.6) is 5.75 Å². The molecule has 1 aliphatic heterocycles. The molecule has 1 saturated heterocycles. The van der Waals surface area contributed by atoms with Crippen molar-refractivity contribution in [3.8, 4) is 5.75 Å². The van der Waals surface area contributed by atoms with E-state index in [1.807, 2.05) is 36.1 Å². The number of benzene rings is 1. The summed E-state index contributed by atoms with van der Waals surface area (Å²) in [6, 6.07) is 7.70. The molecule has 2 atom stereocenters. The number of halogens is 1. The van der Waals surface area contributed by atoms with Gasteiger partial charge >= 0.3 is 0 Å². The minimum absolute atomic E-state index is 0. The van der Waals surface area contributed by atoms with Crippen LogP contribution in [-0.2, 0) is 0 Å². The van der Waals surface area contributed by atoms with Crippen LogP contribution in [0.1, 0.15) is 50.4 Å². The van der Waals surface area contributed by atoms with E-state index in [0.717, 1.165) is 43.7 Å². The zero-order valence-corrected chi connectivity index (χ0v) is 15.1. The van der Waals surface area contributed by atoms with Gasteiger partial charge in [0, 0.05) is 24.7 Å². The molecule has 5 heteroatoms. The van der Waals surface area contributed by atoms with Crippen LogP contribution in [0.2, 0.25) is 0 Å². The summed E-state index contributed by atoms with van der Waals surface area (Å²) in [4.78, 5) is 14.5. The molecule has 2 N–H and O–H groups in total. The van der Waals surface area contributed by atoms with Crippen molar-refractivity contribution in [3.05, 3.63) is 29.8 Å². The van der Waals surface area contributed by atoms with Crippen LogP contribution in [0, 0.1) is 5.92 Å². The average molecular weight is 341 g/mol. The lowest BCUT2D eigenvalue weighted by Crippen LogP contribution is -2.42. The van der Waals surface area contributed by atoms with Gasteiger partial charge in [0.15, 0.2) is 0 Å². The van der Waals surface area contributed by atoms with Crippen LogP contribution in [0.4, 0.5) is 0 Å². The van der Waals surface area contributed by atoms with E-state index in [4.69, 9.17) is 10.5 Å². The first-order valence-electron chi connectivity index (χ1n) is 8.32. The third-order valence-corrected chi connectivity index (χ3v) is 4.58. The summed E-state index contributed by atoms with van der Waals surface area (Å²) >= 11 is 0. The molecular formula is C18H29ClN2O2. The van der Waals surface area contributed by atoms with Gasteiger partial charge in [-0.05, 0) is 63.3 Å². The number of rotatable bonds is 5. The lowest BCUT2D eigenvalue weighted by molar-refractivity contribution is 0.0681. The summed E-state index contributed by atoms with van der Waals surface area (Å²) in [5, 5.41) is 0. The standard InChI is InChI=1S/C18H28N2O2.ClH/c1-4-13(2)22-17-7-5-16(6-8-17)18(21)20-11-9-15(10-12-20)14(3)19;/h5-8,13-15H,4,9-12,19H2,1-3H3;1H. The first-order valence-corrected chi connectivity index (χ1v) is 8.32. The summed E-state index contributed by atoms with van der Waals surface area (Å²) in [6.07, 6.45) is 3.16.